The van der Waals surface area contributed by atoms with Crippen LogP contribution in [0.4, 0.5) is 10.5 Å². The van der Waals surface area contributed by atoms with E-state index in [2.05, 4.69) is 4.72 Å². The van der Waals surface area contributed by atoms with Gasteiger partial charge in [0.2, 0.25) is 0 Å². The van der Waals surface area contributed by atoms with Gasteiger partial charge in [0.15, 0.2) is 0 Å². The van der Waals surface area contributed by atoms with Crippen molar-refractivity contribution >= 4 is 22.0 Å². The molecule has 1 aliphatic rings. The van der Waals surface area contributed by atoms with Crippen LogP contribution in [0, 0.1) is 5.92 Å². The number of hydrogen-bond donors (Lipinski definition) is 1. The number of benzene rings is 1. The fraction of sp³-hybridized carbons (Fsp3) is 0.667. The number of carbonyl (C=O) groups excluding carboxylic acids is 1. The number of para-hydroxylation sites is 1. The van der Waals surface area contributed by atoms with Crippen LogP contribution in [0.25, 0.3) is 0 Å². The molecule has 32 heavy (non-hydrogen) atoms. The van der Waals surface area contributed by atoms with Crippen molar-refractivity contribution in [2.75, 3.05) is 58.1 Å². The molecule has 11 heteroatoms. The molecule has 0 atom stereocenters. The minimum atomic E-state index is -4.32. The Balaban J connectivity index is 2.43. The zero-order valence-electron chi connectivity index (χ0n) is 19.0. The number of ether oxygens (including phenoxy) is 5. The van der Waals surface area contributed by atoms with E-state index in [0.29, 0.717) is 36.3 Å². The van der Waals surface area contributed by atoms with Gasteiger partial charge in [0, 0.05) is 27.4 Å². The third-order valence-electron chi connectivity index (χ3n) is 4.53. The van der Waals surface area contributed by atoms with Gasteiger partial charge in [-0.25, -0.2) is 4.79 Å². The van der Waals surface area contributed by atoms with E-state index in [1.807, 2.05) is 6.92 Å². The monoisotopic (exact) mass is 474 g/mol. The van der Waals surface area contributed by atoms with Crippen molar-refractivity contribution in [3.05, 3.63) is 18.2 Å². The fourth-order valence-electron chi connectivity index (χ4n) is 2.70. The van der Waals surface area contributed by atoms with Gasteiger partial charge in [-0.15, -0.1) is 0 Å². The number of anilines is 1. The maximum Gasteiger partial charge on any atom is 0.429 e. The lowest BCUT2D eigenvalue weighted by Crippen LogP contribution is -2.45. The normalized spacial score (nSPS) is 13.6. The highest BCUT2D eigenvalue weighted by molar-refractivity contribution is 7.91. The lowest BCUT2D eigenvalue weighted by atomic mass is 10.2. The summed E-state index contributed by atoms with van der Waals surface area (Å²) in [5, 5.41) is 0. The Hall–Kier alpha value is -2.08. The van der Waals surface area contributed by atoms with Crippen molar-refractivity contribution in [1.29, 1.82) is 0 Å². The Morgan fingerprint density at radius 1 is 1.06 bits per heavy atom. The topological polar surface area (TPSA) is 113 Å². The van der Waals surface area contributed by atoms with E-state index in [9.17, 15) is 13.2 Å². The standard InChI is InChI=1S/C21H34N2O8S/c1-4-12-30-21(24)23(32(25,26)22-11-6-13-27-2)20-18(29-15-14-28-3)7-5-8-19(20)31-16-17-9-10-17/h5,7-8,17,22H,4,6,9-16H2,1-3H3. The van der Waals surface area contributed by atoms with Crippen molar-refractivity contribution in [1.82, 2.24) is 4.72 Å². The third-order valence-corrected chi connectivity index (χ3v) is 5.91. The van der Waals surface area contributed by atoms with Crippen LogP contribution in [-0.4, -0.2) is 68.3 Å². The first-order valence-corrected chi connectivity index (χ1v) is 12.2. The highest BCUT2D eigenvalue weighted by atomic mass is 32.2. The minimum Gasteiger partial charge on any atom is -0.491 e. The van der Waals surface area contributed by atoms with Crippen LogP contribution in [0.15, 0.2) is 18.2 Å². The number of rotatable bonds is 16. The summed E-state index contributed by atoms with van der Waals surface area (Å²) in [6.07, 6.45) is 2.05. The van der Waals surface area contributed by atoms with Gasteiger partial charge in [-0.05, 0) is 43.7 Å². The predicted octanol–water partition coefficient (Wildman–Crippen LogP) is 2.72. The van der Waals surface area contributed by atoms with Gasteiger partial charge in [-0.3, -0.25) is 0 Å². The van der Waals surface area contributed by atoms with Gasteiger partial charge >= 0.3 is 16.3 Å². The average Bonchev–Trinajstić information content (AvgIpc) is 3.60. The molecular weight excluding hydrogens is 440 g/mol. The quantitative estimate of drug-likeness (QED) is 0.364. The van der Waals surface area contributed by atoms with Gasteiger partial charge in [0.1, 0.15) is 23.8 Å². The molecule has 0 unspecified atom stereocenters. The lowest BCUT2D eigenvalue weighted by molar-refractivity contribution is 0.145. The number of nitrogens with zero attached hydrogens (tertiary/aromatic N) is 1. The first kappa shape index (κ1) is 26.2. The van der Waals surface area contributed by atoms with Gasteiger partial charge in [-0.2, -0.15) is 17.4 Å². The summed E-state index contributed by atoms with van der Waals surface area (Å²) in [7, 11) is -1.26. The van der Waals surface area contributed by atoms with Crippen molar-refractivity contribution in [3.8, 4) is 11.5 Å². The molecule has 0 radical (unpaired) electrons. The fourth-order valence-corrected chi connectivity index (χ4v) is 3.90. The van der Waals surface area contributed by atoms with Crippen LogP contribution in [0.3, 0.4) is 0 Å². The van der Waals surface area contributed by atoms with E-state index in [4.69, 9.17) is 23.7 Å². The second-order valence-corrected chi connectivity index (χ2v) is 8.93. The highest BCUT2D eigenvalue weighted by Crippen LogP contribution is 2.41. The number of amides is 1. The number of nitrogens with one attached hydrogen (secondary N) is 1. The smallest absolute Gasteiger partial charge is 0.429 e. The maximum atomic E-state index is 13.2. The molecule has 1 aromatic rings. The summed E-state index contributed by atoms with van der Waals surface area (Å²) in [5.41, 5.74) is -0.0235. The molecular formula is C21H34N2O8S. The molecule has 2 rings (SSSR count). The molecule has 10 nitrogen and oxygen atoms in total. The van der Waals surface area contributed by atoms with Gasteiger partial charge in [0.25, 0.3) is 0 Å². The third kappa shape index (κ3) is 8.12. The molecule has 1 fully saturated rings. The predicted molar refractivity (Wildman–Crippen MR) is 120 cm³/mol. The minimum absolute atomic E-state index is 0.0235. The van der Waals surface area contributed by atoms with E-state index in [1.54, 1.807) is 18.2 Å². The van der Waals surface area contributed by atoms with Crippen LogP contribution < -0.4 is 18.5 Å². The van der Waals surface area contributed by atoms with Gasteiger partial charge < -0.3 is 23.7 Å². The molecule has 0 heterocycles. The highest BCUT2D eigenvalue weighted by Gasteiger charge is 2.36. The van der Waals surface area contributed by atoms with Gasteiger partial charge in [-0.1, -0.05) is 13.0 Å². The molecule has 0 bridgehead atoms. The molecule has 1 aromatic carbocycles. The van der Waals surface area contributed by atoms with Crippen LogP contribution in [-0.2, 0) is 24.4 Å². The van der Waals surface area contributed by atoms with Crippen molar-refractivity contribution in [2.45, 2.75) is 32.6 Å². The molecule has 0 spiro atoms. The van der Waals surface area contributed by atoms with Crippen molar-refractivity contribution in [3.63, 3.8) is 0 Å². The van der Waals surface area contributed by atoms with E-state index in [1.165, 1.54) is 14.2 Å². The Bertz CT molecular complexity index is 814. The van der Waals surface area contributed by atoms with Gasteiger partial charge in [0.05, 0.1) is 19.8 Å². The Kier molecular flexibility index (Phi) is 11.0. The Morgan fingerprint density at radius 3 is 2.38 bits per heavy atom. The first-order valence-electron chi connectivity index (χ1n) is 10.8. The molecule has 1 N–H and O–H groups in total. The molecule has 0 saturated heterocycles. The van der Waals surface area contributed by atoms with E-state index >= 15 is 0 Å². The summed E-state index contributed by atoms with van der Waals surface area (Å²) in [6, 6.07) is 4.87. The van der Waals surface area contributed by atoms with Crippen LogP contribution in [0.2, 0.25) is 0 Å². The summed E-state index contributed by atoms with van der Waals surface area (Å²) in [4.78, 5) is 12.9. The number of methoxy groups -OCH3 is 2. The number of carbonyl (C=O) groups is 1. The van der Waals surface area contributed by atoms with E-state index in [-0.39, 0.29) is 43.6 Å². The largest absolute Gasteiger partial charge is 0.491 e. The summed E-state index contributed by atoms with van der Waals surface area (Å²) in [5.74, 6) is 0.818. The summed E-state index contributed by atoms with van der Waals surface area (Å²) < 4.78 is 56.3. The number of hydrogen-bond acceptors (Lipinski definition) is 8. The molecule has 1 amide bonds. The SMILES string of the molecule is CCCOC(=O)N(c1c(OCCOC)cccc1OCC1CC1)S(=O)(=O)NCCCOC. The van der Waals surface area contributed by atoms with Crippen LogP contribution in [0.1, 0.15) is 32.6 Å². The Morgan fingerprint density at radius 2 is 1.75 bits per heavy atom. The average molecular weight is 475 g/mol. The second kappa shape index (κ2) is 13.5. The lowest BCUT2D eigenvalue weighted by Gasteiger charge is -2.26. The van der Waals surface area contributed by atoms with Crippen molar-refractivity contribution in [2.24, 2.45) is 5.92 Å². The molecule has 1 aliphatic carbocycles. The van der Waals surface area contributed by atoms with Crippen LogP contribution in [0.5, 0.6) is 11.5 Å². The zero-order valence-corrected chi connectivity index (χ0v) is 19.8. The van der Waals surface area contributed by atoms with Crippen LogP contribution >= 0.6 is 0 Å². The second-order valence-electron chi connectivity index (χ2n) is 7.32. The van der Waals surface area contributed by atoms with Crippen molar-refractivity contribution < 1.29 is 36.9 Å². The molecule has 1 saturated carbocycles. The Labute approximate surface area is 190 Å². The first-order chi connectivity index (χ1) is 15.4. The zero-order chi connectivity index (χ0) is 23.4. The van der Waals surface area contributed by atoms with E-state index in [0.717, 1.165) is 12.8 Å². The molecule has 0 aliphatic heterocycles. The maximum absolute atomic E-state index is 13.2. The van der Waals surface area contributed by atoms with E-state index < -0.39 is 16.3 Å². The molecule has 0 aromatic heterocycles. The summed E-state index contributed by atoms with van der Waals surface area (Å²) >= 11 is 0. The summed E-state index contributed by atoms with van der Waals surface area (Å²) in [6.45, 7) is 3.21. The molecule has 182 valence electrons.